The second-order valence-corrected chi connectivity index (χ2v) is 6.67. The van der Waals surface area contributed by atoms with Crippen LogP contribution in [0, 0.1) is 5.92 Å². The van der Waals surface area contributed by atoms with Gasteiger partial charge < -0.3 is 9.80 Å². The maximum absolute atomic E-state index is 12.4. The maximum Gasteiger partial charge on any atom is 0.222 e. The van der Waals surface area contributed by atoms with E-state index in [9.17, 15) is 9.59 Å². The average molecular weight is 294 g/mol. The van der Waals surface area contributed by atoms with Crippen LogP contribution in [0.4, 0.5) is 0 Å². The molecule has 2 aliphatic rings. The van der Waals surface area contributed by atoms with Crippen molar-refractivity contribution in [3.63, 3.8) is 0 Å². The molecule has 2 saturated heterocycles. The predicted molar refractivity (Wildman–Crippen MR) is 83.9 cm³/mol. The molecule has 2 amide bonds. The number of hydrogen-bond acceptors (Lipinski definition) is 2. The molecule has 0 radical (unpaired) electrons. The van der Waals surface area contributed by atoms with E-state index < -0.39 is 0 Å². The summed E-state index contributed by atoms with van der Waals surface area (Å²) in [6.45, 7) is 6.79. The van der Waals surface area contributed by atoms with Gasteiger partial charge in [-0.15, -0.1) is 0 Å². The van der Waals surface area contributed by atoms with E-state index in [-0.39, 0.29) is 5.91 Å². The molecule has 0 N–H and O–H groups in total. The molecule has 0 saturated carbocycles. The molecule has 0 aromatic carbocycles. The minimum Gasteiger partial charge on any atom is -0.342 e. The number of carbonyl (C=O) groups excluding carboxylic acids is 2. The molecule has 2 heterocycles. The highest BCUT2D eigenvalue weighted by molar-refractivity contribution is 5.77. The SMILES string of the molecule is CCC(=O)N1CCCC(CCC(=O)N2CCCCC2C)C1. The number of piperidine rings is 2. The van der Waals surface area contributed by atoms with Crippen LogP contribution in [0.25, 0.3) is 0 Å². The standard InChI is InChI=1S/C17H30N2O2/c1-3-16(20)18-11-6-8-15(13-18)9-10-17(21)19-12-5-4-7-14(19)2/h14-15H,3-13H2,1-2H3. The Bertz CT molecular complexity index is 370. The van der Waals surface area contributed by atoms with Crippen molar-refractivity contribution in [3.8, 4) is 0 Å². The van der Waals surface area contributed by atoms with Crippen LogP contribution < -0.4 is 0 Å². The number of nitrogens with zero attached hydrogens (tertiary/aromatic N) is 2. The van der Waals surface area contributed by atoms with Crippen molar-refractivity contribution in [3.05, 3.63) is 0 Å². The fourth-order valence-electron chi connectivity index (χ4n) is 3.69. The number of hydrogen-bond donors (Lipinski definition) is 0. The zero-order valence-electron chi connectivity index (χ0n) is 13.6. The largest absolute Gasteiger partial charge is 0.342 e. The summed E-state index contributed by atoms with van der Waals surface area (Å²) in [5.41, 5.74) is 0. The molecule has 2 aliphatic heterocycles. The monoisotopic (exact) mass is 294 g/mol. The molecule has 0 aliphatic carbocycles. The molecule has 2 atom stereocenters. The first-order chi connectivity index (χ1) is 10.1. The Labute approximate surface area is 128 Å². The summed E-state index contributed by atoms with van der Waals surface area (Å²) in [5, 5.41) is 0. The van der Waals surface area contributed by atoms with Gasteiger partial charge >= 0.3 is 0 Å². The molecule has 2 unspecified atom stereocenters. The van der Waals surface area contributed by atoms with E-state index >= 15 is 0 Å². The normalized spacial score (nSPS) is 26.8. The van der Waals surface area contributed by atoms with Gasteiger partial charge in [0.2, 0.25) is 11.8 Å². The first-order valence-electron chi connectivity index (χ1n) is 8.69. The molecule has 120 valence electrons. The summed E-state index contributed by atoms with van der Waals surface area (Å²) in [7, 11) is 0. The van der Waals surface area contributed by atoms with Crippen LogP contribution in [0.5, 0.6) is 0 Å². The second-order valence-electron chi connectivity index (χ2n) is 6.67. The molecule has 0 spiro atoms. The molecule has 2 fully saturated rings. The van der Waals surface area contributed by atoms with Crippen molar-refractivity contribution in [1.82, 2.24) is 9.80 Å². The summed E-state index contributed by atoms with van der Waals surface area (Å²) < 4.78 is 0. The highest BCUT2D eigenvalue weighted by Crippen LogP contribution is 2.23. The van der Waals surface area contributed by atoms with Gasteiger partial charge in [0.15, 0.2) is 0 Å². The van der Waals surface area contributed by atoms with Gasteiger partial charge in [-0.25, -0.2) is 0 Å². The van der Waals surface area contributed by atoms with E-state index in [2.05, 4.69) is 11.8 Å². The van der Waals surface area contributed by atoms with Crippen molar-refractivity contribution in [2.45, 2.75) is 71.3 Å². The number of amides is 2. The first-order valence-corrected chi connectivity index (χ1v) is 8.69. The molecule has 2 rings (SSSR count). The number of carbonyl (C=O) groups is 2. The van der Waals surface area contributed by atoms with Gasteiger partial charge in [0, 0.05) is 38.5 Å². The molecule has 0 bridgehead atoms. The van der Waals surface area contributed by atoms with E-state index in [1.807, 2.05) is 11.8 Å². The van der Waals surface area contributed by atoms with Crippen molar-refractivity contribution >= 4 is 11.8 Å². The van der Waals surface area contributed by atoms with Gasteiger partial charge in [0.25, 0.3) is 0 Å². The van der Waals surface area contributed by atoms with Gasteiger partial charge in [-0.2, -0.15) is 0 Å². The van der Waals surface area contributed by atoms with Crippen LogP contribution in [-0.2, 0) is 9.59 Å². The van der Waals surface area contributed by atoms with E-state index in [4.69, 9.17) is 0 Å². The Hall–Kier alpha value is -1.06. The van der Waals surface area contributed by atoms with Crippen molar-refractivity contribution in [1.29, 1.82) is 0 Å². The average Bonchev–Trinajstić information content (AvgIpc) is 2.52. The lowest BCUT2D eigenvalue weighted by molar-refractivity contribution is -0.135. The topological polar surface area (TPSA) is 40.6 Å². The summed E-state index contributed by atoms with van der Waals surface area (Å²) in [4.78, 5) is 28.2. The number of rotatable bonds is 4. The lowest BCUT2D eigenvalue weighted by atomic mass is 9.92. The van der Waals surface area contributed by atoms with Gasteiger partial charge in [-0.05, 0) is 51.4 Å². The first kappa shape index (κ1) is 16.3. The highest BCUT2D eigenvalue weighted by Gasteiger charge is 2.26. The molecular formula is C17H30N2O2. The Morgan fingerprint density at radius 1 is 1.05 bits per heavy atom. The third kappa shape index (κ3) is 4.45. The predicted octanol–water partition coefficient (Wildman–Crippen LogP) is 2.82. The Morgan fingerprint density at radius 2 is 1.86 bits per heavy atom. The molecule has 4 nitrogen and oxygen atoms in total. The van der Waals surface area contributed by atoms with Crippen LogP contribution in [0.15, 0.2) is 0 Å². The summed E-state index contributed by atoms with van der Waals surface area (Å²) >= 11 is 0. The highest BCUT2D eigenvalue weighted by atomic mass is 16.2. The van der Waals surface area contributed by atoms with Crippen LogP contribution in [0.1, 0.15) is 65.2 Å². The Balaban J connectivity index is 1.76. The fourth-order valence-corrected chi connectivity index (χ4v) is 3.69. The zero-order valence-corrected chi connectivity index (χ0v) is 13.6. The van der Waals surface area contributed by atoms with Gasteiger partial charge in [-0.3, -0.25) is 9.59 Å². The lowest BCUT2D eigenvalue weighted by Gasteiger charge is -2.35. The summed E-state index contributed by atoms with van der Waals surface area (Å²) in [5.74, 6) is 1.09. The fraction of sp³-hybridized carbons (Fsp3) is 0.882. The second kappa shape index (κ2) is 7.81. The van der Waals surface area contributed by atoms with E-state index in [0.717, 1.165) is 51.7 Å². The molecule has 4 heteroatoms. The molecular weight excluding hydrogens is 264 g/mol. The van der Waals surface area contributed by atoms with Crippen molar-refractivity contribution in [2.24, 2.45) is 5.92 Å². The summed E-state index contributed by atoms with van der Waals surface area (Å²) in [6, 6.07) is 0.413. The van der Waals surface area contributed by atoms with Crippen molar-refractivity contribution in [2.75, 3.05) is 19.6 Å². The van der Waals surface area contributed by atoms with Crippen molar-refractivity contribution < 1.29 is 9.59 Å². The quantitative estimate of drug-likeness (QED) is 0.800. The van der Waals surface area contributed by atoms with E-state index in [0.29, 0.717) is 30.7 Å². The van der Waals surface area contributed by atoms with E-state index in [1.54, 1.807) is 0 Å². The van der Waals surface area contributed by atoms with Gasteiger partial charge in [0.1, 0.15) is 0 Å². The maximum atomic E-state index is 12.4. The third-order valence-electron chi connectivity index (χ3n) is 5.06. The van der Waals surface area contributed by atoms with Crippen LogP contribution in [-0.4, -0.2) is 47.3 Å². The van der Waals surface area contributed by atoms with Gasteiger partial charge in [0.05, 0.1) is 0 Å². The van der Waals surface area contributed by atoms with Crippen LogP contribution in [0.3, 0.4) is 0 Å². The van der Waals surface area contributed by atoms with E-state index in [1.165, 1.54) is 6.42 Å². The number of likely N-dealkylation sites (tertiary alicyclic amines) is 2. The lowest BCUT2D eigenvalue weighted by Crippen LogP contribution is -2.43. The zero-order chi connectivity index (χ0) is 15.2. The minimum atomic E-state index is 0.260. The van der Waals surface area contributed by atoms with Crippen LogP contribution in [0.2, 0.25) is 0 Å². The summed E-state index contributed by atoms with van der Waals surface area (Å²) in [6.07, 6.45) is 7.99. The van der Waals surface area contributed by atoms with Crippen LogP contribution >= 0.6 is 0 Å². The molecule has 0 aromatic heterocycles. The van der Waals surface area contributed by atoms with Gasteiger partial charge in [-0.1, -0.05) is 6.92 Å². The molecule has 0 aromatic rings. The Morgan fingerprint density at radius 3 is 2.57 bits per heavy atom. The Kier molecular flexibility index (Phi) is 6.07. The third-order valence-corrected chi connectivity index (χ3v) is 5.06. The minimum absolute atomic E-state index is 0.260. The molecule has 21 heavy (non-hydrogen) atoms. The smallest absolute Gasteiger partial charge is 0.222 e.